The maximum atomic E-state index is 12.6. The van der Waals surface area contributed by atoms with Crippen molar-refractivity contribution in [2.75, 3.05) is 7.11 Å². The van der Waals surface area contributed by atoms with Crippen molar-refractivity contribution in [2.24, 2.45) is 11.7 Å². The minimum atomic E-state index is -0.328. The molecule has 0 aliphatic heterocycles. The molecule has 0 unspecified atom stereocenters. The third kappa shape index (κ3) is 2.91. The Labute approximate surface area is 138 Å². The maximum Gasteiger partial charge on any atom is 0.261 e. The Morgan fingerprint density at radius 2 is 2.13 bits per heavy atom. The van der Waals surface area contributed by atoms with Crippen LogP contribution in [0.3, 0.4) is 0 Å². The van der Waals surface area contributed by atoms with Crippen molar-refractivity contribution in [1.29, 1.82) is 0 Å². The number of thiophene rings is 1. The van der Waals surface area contributed by atoms with Crippen LogP contribution in [0.1, 0.15) is 34.5 Å². The van der Waals surface area contributed by atoms with Crippen molar-refractivity contribution in [3.05, 3.63) is 28.6 Å². The quantitative estimate of drug-likeness (QED) is 0.903. The molecule has 1 aromatic heterocycles. The first-order valence-corrected chi connectivity index (χ1v) is 8.50. The maximum absolute atomic E-state index is 12.6. The van der Waals surface area contributed by atoms with E-state index in [4.69, 9.17) is 10.5 Å². The molecule has 0 bridgehead atoms. The first kappa shape index (κ1) is 15.8. The number of ether oxygens (including phenoxy) is 1. The molecule has 0 spiro atoms. The van der Waals surface area contributed by atoms with Gasteiger partial charge in [0.25, 0.3) is 5.91 Å². The molecule has 3 rings (SSSR count). The minimum Gasteiger partial charge on any atom is -0.497 e. The lowest BCUT2D eigenvalue weighted by Crippen LogP contribution is -2.42. The highest BCUT2D eigenvalue weighted by atomic mass is 32.1. The normalized spacial score (nSPS) is 20.6. The molecule has 2 aromatic rings. The minimum absolute atomic E-state index is 0.124. The van der Waals surface area contributed by atoms with E-state index >= 15 is 0 Å². The summed E-state index contributed by atoms with van der Waals surface area (Å²) in [6.45, 7) is 1.94. The number of nitrogens with one attached hydrogen (secondary N) is 1. The van der Waals surface area contributed by atoms with Crippen LogP contribution in [-0.2, 0) is 4.79 Å². The van der Waals surface area contributed by atoms with Gasteiger partial charge < -0.3 is 15.8 Å². The van der Waals surface area contributed by atoms with Gasteiger partial charge in [-0.05, 0) is 48.9 Å². The third-order valence-corrected chi connectivity index (χ3v) is 5.82. The van der Waals surface area contributed by atoms with Gasteiger partial charge in [0, 0.05) is 10.7 Å². The predicted octanol–water partition coefficient (Wildman–Crippen LogP) is 2.60. The van der Waals surface area contributed by atoms with E-state index in [1.807, 2.05) is 25.1 Å². The number of benzene rings is 1. The van der Waals surface area contributed by atoms with Gasteiger partial charge in [0.05, 0.1) is 17.9 Å². The van der Waals surface area contributed by atoms with Gasteiger partial charge in [-0.2, -0.15) is 0 Å². The topological polar surface area (TPSA) is 81.4 Å². The third-order valence-electron chi connectivity index (χ3n) is 4.55. The number of amides is 2. The molecule has 2 atom stereocenters. The molecule has 6 heteroatoms. The molecular formula is C17H20N2O3S. The monoisotopic (exact) mass is 332 g/mol. The largest absolute Gasteiger partial charge is 0.497 e. The zero-order valence-electron chi connectivity index (χ0n) is 13.2. The Balaban J connectivity index is 1.86. The van der Waals surface area contributed by atoms with Crippen molar-refractivity contribution in [1.82, 2.24) is 5.32 Å². The van der Waals surface area contributed by atoms with E-state index in [0.717, 1.165) is 40.7 Å². The second-order valence-corrected chi connectivity index (χ2v) is 6.99. The Bertz CT molecular complexity index is 769. The number of aryl methyl sites for hydroxylation is 1. The highest BCUT2D eigenvalue weighted by molar-refractivity contribution is 7.21. The van der Waals surface area contributed by atoms with E-state index < -0.39 is 0 Å². The van der Waals surface area contributed by atoms with E-state index in [9.17, 15) is 9.59 Å². The van der Waals surface area contributed by atoms with Crippen LogP contribution in [0.4, 0.5) is 0 Å². The van der Waals surface area contributed by atoms with Gasteiger partial charge in [0.1, 0.15) is 5.75 Å². The molecule has 2 amide bonds. The summed E-state index contributed by atoms with van der Waals surface area (Å²) >= 11 is 1.46. The molecule has 0 radical (unpaired) electrons. The van der Waals surface area contributed by atoms with Gasteiger partial charge >= 0.3 is 0 Å². The lowest BCUT2D eigenvalue weighted by Gasteiger charge is -2.18. The fourth-order valence-electron chi connectivity index (χ4n) is 3.25. The van der Waals surface area contributed by atoms with E-state index in [1.54, 1.807) is 7.11 Å². The summed E-state index contributed by atoms with van der Waals surface area (Å²) in [6.07, 6.45) is 2.47. The Morgan fingerprint density at radius 1 is 1.35 bits per heavy atom. The number of rotatable bonds is 4. The van der Waals surface area contributed by atoms with Crippen molar-refractivity contribution in [2.45, 2.75) is 32.2 Å². The smallest absolute Gasteiger partial charge is 0.261 e. The van der Waals surface area contributed by atoms with Crippen molar-refractivity contribution in [3.63, 3.8) is 0 Å². The molecule has 1 aliphatic carbocycles. The first-order chi connectivity index (χ1) is 11.0. The summed E-state index contributed by atoms with van der Waals surface area (Å²) in [5.41, 5.74) is 6.36. The number of fused-ring (bicyclic) bond motifs is 1. The highest BCUT2D eigenvalue weighted by Gasteiger charge is 2.33. The second kappa shape index (κ2) is 6.20. The van der Waals surface area contributed by atoms with Crippen LogP contribution in [0.5, 0.6) is 5.75 Å². The van der Waals surface area contributed by atoms with Crippen molar-refractivity contribution >= 4 is 33.2 Å². The summed E-state index contributed by atoms with van der Waals surface area (Å²) in [4.78, 5) is 24.8. The molecule has 1 aromatic carbocycles. The van der Waals surface area contributed by atoms with Gasteiger partial charge in [0.15, 0.2) is 0 Å². The predicted molar refractivity (Wildman–Crippen MR) is 90.9 cm³/mol. The Hall–Kier alpha value is -2.08. The highest BCUT2D eigenvalue weighted by Crippen LogP contribution is 2.34. The number of hydrogen-bond donors (Lipinski definition) is 2. The van der Waals surface area contributed by atoms with E-state index in [0.29, 0.717) is 4.88 Å². The number of primary amides is 1. The summed E-state index contributed by atoms with van der Waals surface area (Å²) in [6, 6.07) is 5.64. The van der Waals surface area contributed by atoms with Crippen LogP contribution in [0, 0.1) is 12.8 Å². The Morgan fingerprint density at radius 3 is 2.83 bits per heavy atom. The van der Waals surface area contributed by atoms with Crippen LogP contribution in [-0.4, -0.2) is 25.0 Å². The van der Waals surface area contributed by atoms with Gasteiger partial charge in [-0.1, -0.05) is 6.42 Å². The van der Waals surface area contributed by atoms with E-state index in [1.165, 1.54) is 11.3 Å². The van der Waals surface area contributed by atoms with Gasteiger partial charge in [0.2, 0.25) is 5.91 Å². The average molecular weight is 332 g/mol. The van der Waals surface area contributed by atoms with Gasteiger partial charge in [-0.3, -0.25) is 9.59 Å². The molecule has 3 N–H and O–H groups in total. The van der Waals surface area contributed by atoms with Crippen molar-refractivity contribution in [3.8, 4) is 5.75 Å². The number of methoxy groups -OCH3 is 1. The van der Waals surface area contributed by atoms with Crippen LogP contribution in [0.2, 0.25) is 0 Å². The number of carbonyl (C=O) groups excluding carboxylic acids is 2. The number of nitrogens with two attached hydrogens (primary N) is 1. The SMILES string of the molecule is COc1ccc2sc(C(=O)N[C@@H]3CCC[C@H]3C(N)=O)c(C)c2c1. The lowest BCUT2D eigenvalue weighted by molar-refractivity contribution is -0.122. The van der Waals surface area contributed by atoms with Gasteiger partial charge in [-0.15, -0.1) is 11.3 Å². The molecule has 1 aliphatic rings. The molecule has 0 saturated heterocycles. The van der Waals surface area contributed by atoms with Crippen LogP contribution >= 0.6 is 11.3 Å². The summed E-state index contributed by atoms with van der Waals surface area (Å²) in [5, 5.41) is 4.02. The fraction of sp³-hybridized carbons (Fsp3) is 0.412. The number of carbonyl (C=O) groups is 2. The molecule has 1 heterocycles. The van der Waals surface area contributed by atoms with Gasteiger partial charge in [-0.25, -0.2) is 0 Å². The van der Waals surface area contributed by atoms with E-state index in [-0.39, 0.29) is 23.8 Å². The van der Waals surface area contributed by atoms with Crippen LogP contribution in [0.25, 0.3) is 10.1 Å². The molecule has 5 nitrogen and oxygen atoms in total. The zero-order chi connectivity index (χ0) is 16.6. The second-order valence-electron chi connectivity index (χ2n) is 5.94. The zero-order valence-corrected chi connectivity index (χ0v) is 14.0. The van der Waals surface area contributed by atoms with Crippen LogP contribution in [0.15, 0.2) is 18.2 Å². The first-order valence-electron chi connectivity index (χ1n) is 7.68. The summed E-state index contributed by atoms with van der Waals surface area (Å²) in [7, 11) is 1.63. The summed E-state index contributed by atoms with van der Waals surface area (Å²) in [5.74, 6) is 0.0649. The molecule has 23 heavy (non-hydrogen) atoms. The molecular weight excluding hydrogens is 312 g/mol. The molecule has 122 valence electrons. The van der Waals surface area contributed by atoms with Crippen molar-refractivity contribution < 1.29 is 14.3 Å². The Kier molecular flexibility index (Phi) is 4.26. The fourth-order valence-corrected chi connectivity index (χ4v) is 4.34. The summed E-state index contributed by atoms with van der Waals surface area (Å²) < 4.78 is 6.30. The lowest BCUT2D eigenvalue weighted by atomic mass is 10.0. The molecule has 1 saturated carbocycles. The number of hydrogen-bond acceptors (Lipinski definition) is 4. The standard InChI is InChI=1S/C17H20N2O3S/c1-9-12-8-10(22-2)6-7-14(12)23-15(9)17(21)19-13-5-3-4-11(13)16(18)20/h6-8,11,13H,3-5H2,1-2H3,(H2,18,20)(H,19,21)/t11-,13-/m1/s1. The van der Waals surface area contributed by atoms with Crippen LogP contribution < -0.4 is 15.8 Å². The van der Waals surface area contributed by atoms with E-state index in [2.05, 4.69) is 5.32 Å². The molecule has 1 fully saturated rings. The average Bonchev–Trinajstić information content (AvgIpc) is 3.12.